The van der Waals surface area contributed by atoms with Crippen molar-refractivity contribution >= 4 is 35.2 Å². The average molecular weight is 279 g/mol. The van der Waals surface area contributed by atoms with E-state index in [0.717, 1.165) is 10.6 Å². The molecule has 0 unspecified atom stereocenters. The van der Waals surface area contributed by atoms with Crippen LogP contribution in [0.5, 0.6) is 0 Å². The number of fused-ring (bicyclic) bond motifs is 1. The van der Waals surface area contributed by atoms with Crippen LogP contribution in [0.2, 0.25) is 0 Å². The quantitative estimate of drug-likeness (QED) is 0.694. The SMILES string of the molecule is CC(=O)NNC(=O)C[C@@H]1Sc2ccccc2NC1=O. The Kier molecular flexibility index (Phi) is 4.06. The van der Waals surface area contributed by atoms with Gasteiger partial charge in [-0.05, 0) is 12.1 Å². The first kappa shape index (κ1) is 13.4. The van der Waals surface area contributed by atoms with E-state index < -0.39 is 11.2 Å². The van der Waals surface area contributed by atoms with Gasteiger partial charge in [-0.15, -0.1) is 11.8 Å². The summed E-state index contributed by atoms with van der Waals surface area (Å²) in [4.78, 5) is 35.0. The van der Waals surface area contributed by atoms with Crippen LogP contribution >= 0.6 is 11.8 Å². The summed E-state index contributed by atoms with van der Waals surface area (Å²) in [5, 5.41) is 2.26. The van der Waals surface area contributed by atoms with Crippen LogP contribution in [0.15, 0.2) is 29.2 Å². The highest BCUT2D eigenvalue weighted by molar-refractivity contribution is 8.01. The fourth-order valence-corrected chi connectivity index (χ4v) is 2.71. The lowest BCUT2D eigenvalue weighted by Gasteiger charge is -2.23. The van der Waals surface area contributed by atoms with Crippen LogP contribution in [0.3, 0.4) is 0 Å². The molecule has 1 aromatic carbocycles. The molecule has 19 heavy (non-hydrogen) atoms. The Bertz CT molecular complexity index is 533. The Balaban J connectivity index is 1.97. The minimum Gasteiger partial charge on any atom is -0.324 e. The van der Waals surface area contributed by atoms with E-state index in [4.69, 9.17) is 0 Å². The lowest BCUT2D eigenvalue weighted by atomic mass is 10.2. The summed E-state index contributed by atoms with van der Waals surface area (Å²) in [6.45, 7) is 1.29. The lowest BCUT2D eigenvalue weighted by Crippen LogP contribution is -2.43. The van der Waals surface area contributed by atoms with Gasteiger partial charge in [0, 0.05) is 18.2 Å². The Hall–Kier alpha value is -2.02. The predicted octanol–water partition coefficient (Wildman–Crippen LogP) is 0.657. The summed E-state index contributed by atoms with van der Waals surface area (Å²) in [7, 11) is 0. The highest BCUT2D eigenvalue weighted by atomic mass is 32.2. The minimum atomic E-state index is -0.497. The van der Waals surface area contributed by atoms with Gasteiger partial charge in [-0.1, -0.05) is 12.1 Å². The highest BCUT2D eigenvalue weighted by Crippen LogP contribution is 2.36. The fourth-order valence-electron chi connectivity index (χ4n) is 1.60. The zero-order valence-electron chi connectivity index (χ0n) is 10.2. The molecule has 0 fully saturated rings. The molecule has 100 valence electrons. The van der Waals surface area contributed by atoms with E-state index in [9.17, 15) is 14.4 Å². The van der Waals surface area contributed by atoms with Crippen molar-refractivity contribution in [2.75, 3.05) is 5.32 Å². The summed E-state index contributed by atoms with van der Waals surface area (Å²) < 4.78 is 0. The zero-order valence-corrected chi connectivity index (χ0v) is 11.0. The van der Waals surface area contributed by atoms with E-state index >= 15 is 0 Å². The van der Waals surface area contributed by atoms with Gasteiger partial charge in [-0.3, -0.25) is 25.2 Å². The van der Waals surface area contributed by atoms with Gasteiger partial charge in [0.15, 0.2) is 0 Å². The molecule has 1 aliphatic heterocycles. The van der Waals surface area contributed by atoms with Crippen molar-refractivity contribution in [3.63, 3.8) is 0 Å². The number of para-hydroxylation sites is 1. The predicted molar refractivity (Wildman–Crippen MR) is 71.3 cm³/mol. The van der Waals surface area contributed by atoms with Gasteiger partial charge in [-0.25, -0.2) is 0 Å². The van der Waals surface area contributed by atoms with Gasteiger partial charge in [0.05, 0.1) is 10.9 Å². The largest absolute Gasteiger partial charge is 0.324 e. The Morgan fingerprint density at radius 2 is 2.05 bits per heavy atom. The average Bonchev–Trinajstić information content (AvgIpc) is 2.37. The molecule has 0 bridgehead atoms. The van der Waals surface area contributed by atoms with Gasteiger partial charge in [0.1, 0.15) is 0 Å². The van der Waals surface area contributed by atoms with Crippen LogP contribution in [0, 0.1) is 0 Å². The van der Waals surface area contributed by atoms with E-state index in [1.165, 1.54) is 18.7 Å². The van der Waals surface area contributed by atoms with Crippen molar-refractivity contribution in [3.05, 3.63) is 24.3 Å². The number of amides is 3. The van der Waals surface area contributed by atoms with Gasteiger partial charge < -0.3 is 5.32 Å². The summed E-state index contributed by atoms with van der Waals surface area (Å²) >= 11 is 1.34. The van der Waals surface area contributed by atoms with Crippen LogP contribution in [-0.2, 0) is 14.4 Å². The molecule has 2 rings (SSSR count). The molecule has 1 aliphatic rings. The first-order valence-electron chi connectivity index (χ1n) is 5.68. The highest BCUT2D eigenvalue weighted by Gasteiger charge is 2.28. The maximum absolute atomic E-state index is 11.8. The van der Waals surface area contributed by atoms with Crippen molar-refractivity contribution in [1.29, 1.82) is 0 Å². The molecule has 0 spiro atoms. The Morgan fingerprint density at radius 1 is 1.32 bits per heavy atom. The molecular formula is C12H13N3O3S. The molecular weight excluding hydrogens is 266 g/mol. The number of hydrazine groups is 1. The lowest BCUT2D eigenvalue weighted by molar-refractivity contribution is -0.128. The second kappa shape index (κ2) is 5.75. The van der Waals surface area contributed by atoms with Crippen LogP contribution in [0.1, 0.15) is 13.3 Å². The third-order valence-corrected chi connectivity index (χ3v) is 3.73. The molecule has 3 amide bonds. The molecule has 0 aliphatic carbocycles. The van der Waals surface area contributed by atoms with Gasteiger partial charge >= 0.3 is 0 Å². The monoisotopic (exact) mass is 279 g/mol. The number of rotatable bonds is 2. The third-order valence-electron chi connectivity index (χ3n) is 2.46. The van der Waals surface area contributed by atoms with E-state index in [1.54, 1.807) is 0 Å². The third kappa shape index (κ3) is 3.47. The number of carbonyl (C=O) groups excluding carboxylic acids is 3. The maximum atomic E-state index is 11.8. The minimum absolute atomic E-state index is 0.00507. The van der Waals surface area contributed by atoms with Crippen molar-refractivity contribution in [2.45, 2.75) is 23.5 Å². The summed E-state index contributed by atoms with van der Waals surface area (Å²) in [6.07, 6.45) is 0.00507. The van der Waals surface area contributed by atoms with Gasteiger partial charge in [0.2, 0.25) is 17.7 Å². The molecule has 1 heterocycles. The normalized spacial score (nSPS) is 17.1. The molecule has 0 aromatic heterocycles. The molecule has 6 nitrogen and oxygen atoms in total. The number of anilines is 1. The molecule has 0 saturated carbocycles. The first-order valence-corrected chi connectivity index (χ1v) is 6.56. The van der Waals surface area contributed by atoms with Crippen molar-refractivity contribution in [1.82, 2.24) is 10.9 Å². The van der Waals surface area contributed by atoms with E-state index in [1.807, 2.05) is 24.3 Å². The standard InChI is InChI=1S/C12H13N3O3S/c1-7(16)14-15-11(17)6-10-12(18)13-8-4-2-3-5-9(8)19-10/h2-5,10H,6H2,1H3,(H,13,18)(H,14,16)(H,15,17)/t10-/m0/s1. The van der Waals surface area contributed by atoms with Crippen molar-refractivity contribution in [2.24, 2.45) is 0 Å². The first-order chi connectivity index (χ1) is 9.06. The number of hydrogen-bond acceptors (Lipinski definition) is 4. The van der Waals surface area contributed by atoms with E-state index in [2.05, 4.69) is 16.2 Å². The van der Waals surface area contributed by atoms with E-state index in [-0.39, 0.29) is 18.2 Å². The topological polar surface area (TPSA) is 87.3 Å². The Morgan fingerprint density at radius 3 is 2.79 bits per heavy atom. The number of thioether (sulfide) groups is 1. The molecule has 0 saturated heterocycles. The molecule has 7 heteroatoms. The smallest absolute Gasteiger partial charge is 0.240 e. The Labute approximate surface area is 114 Å². The number of hydrogen-bond donors (Lipinski definition) is 3. The van der Waals surface area contributed by atoms with Gasteiger partial charge in [-0.2, -0.15) is 0 Å². The second-order valence-electron chi connectivity index (χ2n) is 4.03. The van der Waals surface area contributed by atoms with Gasteiger partial charge in [0.25, 0.3) is 0 Å². The number of benzene rings is 1. The van der Waals surface area contributed by atoms with Crippen LogP contribution in [-0.4, -0.2) is 23.0 Å². The molecule has 3 N–H and O–H groups in total. The molecule has 1 aromatic rings. The summed E-state index contributed by atoms with van der Waals surface area (Å²) in [6, 6.07) is 7.41. The van der Waals surface area contributed by atoms with E-state index in [0.29, 0.717) is 0 Å². The second-order valence-corrected chi connectivity index (χ2v) is 5.27. The fraction of sp³-hybridized carbons (Fsp3) is 0.250. The number of carbonyl (C=O) groups is 3. The molecule has 1 atom stereocenters. The number of nitrogens with one attached hydrogen (secondary N) is 3. The zero-order chi connectivity index (χ0) is 13.8. The van der Waals surface area contributed by atoms with Crippen LogP contribution < -0.4 is 16.2 Å². The maximum Gasteiger partial charge on any atom is 0.240 e. The van der Waals surface area contributed by atoms with Crippen LogP contribution in [0.4, 0.5) is 5.69 Å². The summed E-state index contributed by atoms with van der Waals surface area (Å²) in [5.41, 5.74) is 5.19. The molecule has 0 radical (unpaired) electrons. The van der Waals surface area contributed by atoms with Crippen molar-refractivity contribution < 1.29 is 14.4 Å². The van der Waals surface area contributed by atoms with Crippen LogP contribution in [0.25, 0.3) is 0 Å². The van der Waals surface area contributed by atoms with Crippen molar-refractivity contribution in [3.8, 4) is 0 Å². The summed E-state index contributed by atoms with van der Waals surface area (Å²) in [5.74, 6) is -0.969.